The monoisotopic (exact) mass is 383 g/mol. The van der Waals surface area contributed by atoms with E-state index in [0.717, 1.165) is 5.56 Å². The molecule has 7 nitrogen and oxygen atoms in total. The molecule has 1 heterocycles. The molecule has 0 aliphatic heterocycles. The number of carbonyl (C=O) groups excluding carboxylic acids is 1. The van der Waals surface area contributed by atoms with Crippen LogP contribution in [0.5, 0.6) is 0 Å². The minimum absolute atomic E-state index is 0.185. The SMILES string of the molecule is Cc1cc(NC(=O)C(C)SCc2cccc(S(=O)(=O)N(C)C)c2)no1. The molecular formula is C16H21N3O4S2. The largest absolute Gasteiger partial charge is 0.360 e. The van der Waals surface area contributed by atoms with Crippen molar-refractivity contribution in [3.8, 4) is 0 Å². The van der Waals surface area contributed by atoms with Crippen LogP contribution >= 0.6 is 11.8 Å². The van der Waals surface area contributed by atoms with Gasteiger partial charge in [-0.15, -0.1) is 11.8 Å². The molecule has 0 bridgehead atoms. The molecule has 1 N–H and O–H groups in total. The van der Waals surface area contributed by atoms with E-state index in [1.54, 1.807) is 38.1 Å². The van der Waals surface area contributed by atoms with E-state index >= 15 is 0 Å². The molecule has 0 radical (unpaired) electrons. The van der Waals surface area contributed by atoms with Gasteiger partial charge < -0.3 is 9.84 Å². The summed E-state index contributed by atoms with van der Waals surface area (Å²) >= 11 is 1.41. The molecule has 0 aliphatic rings. The first-order valence-electron chi connectivity index (χ1n) is 7.57. The molecule has 25 heavy (non-hydrogen) atoms. The number of hydrogen-bond donors (Lipinski definition) is 1. The lowest BCUT2D eigenvalue weighted by Gasteiger charge is -2.13. The van der Waals surface area contributed by atoms with Gasteiger partial charge in [-0.3, -0.25) is 4.79 Å². The molecule has 0 spiro atoms. The van der Waals surface area contributed by atoms with Gasteiger partial charge in [0.15, 0.2) is 5.82 Å². The molecule has 2 aromatic rings. The van der Waals surface area contributed by atoms with E-state index in [2.05, 4.69) is 10.5 Å². The van der Waals surface area contributed by atoms with Crippen LogP contribution in [0.15, 0.2) is 39.8 Å². The second kappa shape index (κ2) is 8.03. The lowest BCUT2D eigenvalue weighted by molar-refractivity contribution is -0.115. The number of amides is 1. The molecule has 1 aromatic carbocycles. The molecule has 1 amide bonds. The quantitative estimate of drug-likeness (QED) is 0.790. The Morgan fingerprint density at radius 1 is 1.36 bits per heavy atom. The highest BCUT2D eigenvalue weighted by molar-refractivity contribution is 7.99. The van der Waals surface area contributed by atoms with Gasteiger partial charge in [0.05, 0.1) is 10.1 Å². The van der Waals surface area contributed by atoms with Gasteiger partial charge in [0.25, 0.3) is 0 Å². The summed E-state index contributed by atoms with van der Waals surface area (Å²) in [6.45, 7) is 3.53. The Labute approximate surface area is 151 Å². The number of carbonyl (C=O) groups is 1. The smallest absolute Gasteiger partial charge is 0.242 e. The van der Waals surface area contributed by atoms with E-state index in [1.807, 2.05) is 6.07 Å². The van der Waals surface area contributed by atoms with Crippen molar-refractivity contribution in [2.75, 3.05) is 19.4 Å². The van der Waals surface area contributed by atoms with Gasteiger partial charge in [0.2, 0.25) is 15.9 Å². The topological polar surface area (TPSA) is 92.5 Å². The van der Waals surface area contributed by atoms with Gasteiger partial charge in [0.1, 0.15) is 5.76 Å². The van der Waals surface area contributed by atoms with E-state index in [0.29, 0.717) is 17.3 Å². The Morgan fingerprint density at radius 3 is 2.68 bits per heavy atom. The minimum Gasteiger partial charge on any atom is -0.360 e. The van der Waals surface area contributed by atoms with Gasteiger partial charge in [0, 0.05) is 25.9 Å². The predicted octanol–water partition coefficient (Wildman–Crippen LogP) is 2.49. The summed E-state index contributed by atoms with van der Waals surface area (Å²) in [5, 5.41) is 6.08. The van der Waals surface area contributed by atoms with Gasteiger partial charge in [-0.25, -0.2) is 12.7 Å². The van der Waals surface area contributed by atoms with Gasteiger partial charge in [-0.2, -0.15) is 0 Å². The van der Waals surface area contributed by atoms with Crippen LogP contribution in [0, 0.1) is 6.92 Å². The van der Waals surface area contributed by atoms with Crippen LogP contribution in [0.3, 0.4) is 0 Å². The number of benzene rings is 1. The average molecular weight is 383 g/mol. The molecule has 136 valence electrons. The van der Waals surface area contributed by atoms with Crippen LogP contribution in [-0.2, 0) is 20.6 Å². The molecule has 0 aliphatic carbocycles. The van der Waals surface area contributed by atoms with Crippen molar-refractivity contribution in [2.24, 2.45) is 0 Å². The van der Waals surface area contributed by atoms with Crippen molar-refractivity contribution in [3.05, 3.63) is 41.7 Å². The van der Waals surface area contributed by atoms with Crippen LogP contribution in [0.1, 0.15) is 18.2 Å². The highest BCUT2D eigenvalue weighted by Crippen LogP contribution is 2.22. The lowest BCUT2D eigenvalue weighted by Crippen LogP contribution is -2.23. The third-order valence-corrected chi connectivity index (χ3v) is 6.45. The Bertz CT molecular complexity index is 847. The van der Waals surface area contributed by atoms with Crippen LogP contribution < -0.4 is 5.32 Å². The van der Waals surface area contributed by atoms with Gasteiger partial charge in [-0.05, 0) is 31.5 Å². The predicted molar refractivity (Wildman–Crippen MR) is 97.9 cm³/mol. The van der Waals surface area contributed by atoms with Gasteiger partial charge >= 0.3 is 0 Å². The number of anilines is 1. The number of nitrogens with one attached hydrogen (secondary N) is 1. The minimum atomic E-state index is -3.47. The maximum atomic E-state index is 12.2. The normalized spacial score (nSPS) is 13.0. The lowest BCUT2D eigenvalue weighted by atomic mass is 10.2. The van der Waals surface area contributed by atoms with Crippen LogP contribution in [0.4, 0.5) is 5.82 Å². The first-order chi connectivity index (χ1) is 11.7. The third-order valence-electron chi connectivity index (χ3n) is 3.43. The summed E-state index contributed by atoms with van der Waals surface area (Å²) < 4.78 is 30.4. The van der Waals surface area contributed by atoms with Crippen molar-refractivity contribution < 1.29 is 17.7 Å². The number of nitrogens with zero attached hydrogens (tertiary/aromatic N) is 2. The number of aromatic nitrogens is 1. The fraction of sp³-hybridized carbons (Fsp3) is 0.375. The molecule has 0 saturated carbocycles. The molecule has 1 unspecified atom stereocenters. The summed E-state index contributed by atoms with van der Waals surface area (Å²) in [7, 11) is -0.477. The highest BCUT2D eigenvalue weighted by atomic mass is 32.2. The van der Waals surface area contributed by atoms with E-state index in [9.17, 15) is 13.2 Å². The molecule has 9 heteroatoms. The maximum Gasteiger partial charge on any atom is 0.242 e. The second-order valence-electron chi connectivity index (χ2n) is 5.70. The first kappa shape index (κ1) is 19.5. The summed E-state index contributed by atoms with van der Waals surface area (Å²) in [6.07, 6.45) is 0. The Kier molecular flexibility index (Phi) is 6.26. The Morgan fingerprint density at radius 2 is 2.08 bits per heavy atom. The molecular weight excluding hydrogens is 362 g/mol. The first-order valence-corrected chi connectivity index (χ1v) is 10.1. The number of aryl methyl sites for hydroxylation is 1. The van der Waals surface area contributed by atoms with Crippen molar-refractivity contribution in [1.29, 1.82) is 0 Å². The summed E-state index contributed by atoms with van der Waals surface area (Å²) in [6, 6.07) is 8.38. The van der Waals surface area contributed by atoms with Crippen LogP contribution in [0.25, 0.3) is 0 Å². The molecule has 0 fully saturated rings. The maximum absolute atomic E-state index is 12.2. The third kappa shape index (κ3) is 5.07. The molecule has 2 rings (SSSR count). The average Bonchev–Trinajstić information content (AvgIpc) is 2.97. The molecule has 1 aromatic heterocycles. The van der Waals surface area contributed by atoms with Crippen molar-refractivity contribution in [3.63, 3.8) is 0 Å². The summed E-state index contributed by atoms with van der Waals surface area (Å²) in [5.41, 5.74) is 0.838. The summed E-state index contributed by atoms with van der Waals surface area (Å²) in [4.78, 5) is 12.4. The van der Waals surface area contributed by atoms with Crippen LogP contribution in [-0.4, -0.2) is 43.1 Å². The Balaban J connectivity index is 1.97. The number of sulfonamides is 1. The van der Waals surface area contributed by atoms with E-state index < -0.39 is 10.0 Å². The fourth-order valence-corrected chi connectivity index (χ4v) is 3.76. The zero-order valence-electron chi connectivity index (χ0n) is 14.5. The van der Waals surface area contributed by atoms with Crippen molar-refractivity contribution in [1.82, 2.24) is 9.46 Å². The number of hydrogen-bond acceptors (Lipinski definition) is 6. The summed E-state index contributed by atoms with van der Waals surface area (Å²) in [5.74, 6) is 1.34. The number of thioether (sulfide) groups is 1. The van der Waals surface area contributed by atoms with E-state index in [4.69, 9.17) is 4.52 Å². The van der Waals surface area contributed by atoms with Gasteiger partial charge in [-0.1, -0.05) is 17.3 Å². The van der Waals surface area contributed by atoms with E-state index in [1.165, 1.54) is 30.2 Å². The fourth-order valence-electron chi connectivity index (χ4n) is 1.96. The van der Waals surface area contributed by atoms with Crippen molar-refractivity contribution in [2.45, 2.75) is 29.7 Å². The highest BCUT2D eigenvalue weighted by Gasteiger charge is 2.18. The molecule has 0 saturated heterocycles. The Hall–Kier alpha value is -1.84. The van der Waals surface area contributed by atoms with E-state index in [-0.39, 0.29) is 16.1 Å². The zero-order chi connectivity index (χ0) is 18.6. The zero-order valence-corrected chi connectivity index (χ0v) is 16.1. The molecule has 1 atom stereocenters. The standard InChI is InChI=1S/C16H21N3O4S2/c1-11-8-15(18-23-11)17-16(20)12(2)24-10-13-6-5-7-14(9-13)25(21,22)19(3)4/h5-9,12H,10H2,1-4H3,(H,17,18,20). The second-order valence-corrected chi connectivity index (χ2v) is 9.18. The van der Waals surface area contributed by atoms with Crippen molar-refractivity contribution >= 4 is 33.5 Å². The number of rotatable bonds is 7. The van der Waals surface area contributed by atoms with Crippen LogP contribution in [0.2, 0.25) is 0 Å².